The molecule has 7 nitrogen and oxygen atoms in total. The van der Waals surface area contributed by atoms with Gasteiger partial charge in [-0.2, -0.15) is 0 Å². The molecule has 0 bridgehead atoms. The molecule has 1 fully saturated rings. The van der Waals surface area contributed by atoms with Gasteiger partial charge in [0.1, 0.15) is 0 Å². The zero-order valence-corrected chi connectivity index (χ0v) is 14.6. The molecule has 1 aliphatic heterocycles. The molecule has 0 aliphatic carbocycles. The number of carbonyl (C=O) groups excluding carboxylic acids is 3. The molecule has 0 aromatic heterocycles. The van der Waals surface area contributed by atoms with Crippen molar-refractivity contribution in [1.82, 2.24) is 15.1 Å². The number of likely N-dealkylation sites (N-methyl/N-ethyl adjacent to an activating group) is 1. The summed E-state index contributed by atoms with van der Waals surface area (Å²) in [5, 5.41) is 2.69. The molecule has 0 aromatic carbocycles. The lowest BCUT2D eigenvalue weighted by Crippen LogP contribution is -2.49. The summed E-state index contributed by atoms with van der Waals surface area (Å²) in [5.41, 5.74) is 0. The summed E-state index contributed by atoms with van der Waals surface area (Å²) in [6.07, 6.45) is 2.19. The van der Waals surface area contributed by atoms with Gasteiger partial charge in [-0.25, -0.2) is 0 Å². The van der Waals surface area contributed by atoms with Crippen LogP contribution < -0.4 is 5.32 Å². The summed E-state index contributed by atoms with van der Waals surface area (Å²) in [7, 11) is 1.55. The average Bonchev–Trinajstić information content (AvgIpc) is 3.02. The van der Waals surface area contributed by atoms with Crippen LogP contribution in [0, 0.1) is 5.92 Å². The van der Waals surface area contributed by atoms with E-state index in [-0.39, 0.29) is 30.5 Å². The normalized spacial score (nSPS) is 20.0. The van der Waals surface area contributed by atoms with Gasteiger partial charge in [0.25, 0.3) is 0 Å². The van der Waals surface area contributed by atoms with Crippen LogP contribution in [0.2, 0.25) is 0 Å². The molecule has 0 radical (unpaired) electrons. The highest BCUT2D eigenvalue weighted by atomic mass is 16.5. The van der Waals surface area contributed by atoms with Gasteiger partial charge in [0.2, 0.25) is 18.2 Å². The van der Waals surface area contributed by atoms with Crippen molar-refractivity contribution in [3.05, 3.63) is 0 Å². The average molecular weight is 327 g/mol. The van der Waals surface area contributed by atoms with Gasteiger partial charge in [-0.3, -0.25) is 14.4 Å². The van der Waals surface area contributed by atoms with Crippen molar-refractivity contribution in [2.75, 3.05) is 33.3 Å². The predicted molar refractivity (Wildman–Crippen MR) is 86.7 cm³/mol. The maximum absolute atomic E-state index is 12.3. The predicted octanol–water partition coefficient (Wildman–Crippen LogP) is 0.243. The van der Waals surface area contributed by atoms with Crippen LogP contribution >= 0.6 is 0 Å². The van der Waals surface area contributed by atoms with Crippen LogP contribution in [-0.2, 0) is 19.1 Å². The summed E-state index contributed by atoms with van der Waals surface area (Å²) in [6.45, 7) is 7.51. The minimum atomic E-state index is -0.435. The van der Waals surface area contributed by atoms with Crippen molar-refractivity contribution < 1.29 is 19.1 Å². The highest BCUT2D eigenvalue weighted by Gasteiger charge is 2.37. The highest BCUT2D eigenvalue weighted by Crippen LogP contribution is 2.24. The van der Waals surface area contributed by atoms with E-state index in [9.17, 15) is 14.4 Å². The molecule has 0 aromatic rings. The second-order valence-corrected chi connectivity index (χ2v) is 5.83. The zero-order valence-electron chi connectivity index (χ0n) is 14.6. The van der Waals surface area contributed by atoms with Crippen molar-refractivity contribution in [3.63, 3.8) is 0 Å². The van der Waals surface area contributed by atoms with E-state index in [0.29, 0.717) is 19.6 Å². The molecular formula is C16H29N3O4. The van der Waals surface area contributed by atoms with Crippen LogP contribution in [0.25, 0.3) is 0 Å². The number of likely N-dealkylation sites (tertiary alicyclic amines) is 1. The SMILES string of the molecule is CCN(CC)C(=O)CNC(=O)C(C)C(OC)C1CCCN1C=O. The van der Waals surface area contributed by atoms with Gasteiger partial charge in [-0.1, -0.05) is 6.92 Å². The van der Waals surface area contributed by atoms with E-state index in [0.717, 1.165) is 19.3 Å². The van der Waals surface area contributed by atoms with Gasteiger partial charge in [0, 0.05) is 26.7 Å². The molecule has 23 heavy (non-hydrogen) atoms. The van der Waals surface area contributed by atoms with Crippen molar-refractivity contribution >= 4 is 18.2 Å². The lowest BCUT2D eigenvalue weighted by atomic mass is 9.95. The third-order valence-electron chi connectivity index (χ3n) is 4.57. The molecule has 1 rings (SSSR count). The molecule has 3 atom stereocenters. The number of amides is 3. The van der Waals surface area contributed by atoms with E-state index < -0.39 is 5.92 Å². The first-order chi connectivity index (χ1) is 11.0. The van der Waals surface area contributed by atoms with Gasteiger partial charge in [0.15, 0.2) is 0 Å². The van der Waals surface area contributed by atoms with E-state index in [2.05, 4.69) is 5.32 Å². The van der Waals surface area contributed by atoms with Crippen LogP contribution in [0.4, 0.5) is 0 Å². The first kappa shape index (κ1) is 19.4. The van der Waals surface area contributed by atoms with E-state index in [1.54, 1.807) is 23.8 Å². The summed E-state index contributed by atoms with van der Waals surface area (Å²) in [4.78, 5) is 38.8. The standard InChI is InChI=1S/C16H29N3O4/c1-5-18(6-2)14(21)10-17-16(22)12(3)15(23-4)13-8-7-9-19(13)11-20/h11-13,15H,5-10H2,1-4H3,(H,17,22). The molecule has 0 saturated carbocycles. The maximum atomic E-state index is 12.3. The fourth-order valence-corrected chi connectivity index (χ4v) is 3.15. The smallest absolute Gasteiger partial charge is 0.241 e. The first-order valence-corrected chi connectivity index (χ1v) is 8.29. The van der Waals surface area contributed by atoms with Crippen LogP contribution in [0.3, 0.4) is 0 Å². The van der Waals surface area contributed by atoms with Gasteiger partial charge in [-0.05, 0) is 26.7 Å². The molecule has 1 saturated heterocycles. The number of hydrogen-bond donors (Lipinski definition) is 1. The minimum absolute atomic E-state index is 0.0106. The molecule has 1 heterocycles. The fraction of sp³-hybridized carbons (Fsp3) is 0.812. The second kappa shape index (κ2) is 9.50. The summed E-state index contributed by atoms with van der Waals surface area (Å²) >= 11 is 0. The van der Waals surface area contributed by atoms with Gasteiger partial charge in [0.05, 0.1) is 24.6 Å². The van der Waals surface area contributed by atoms with Crippen LogP contribution in [-0.4, -0.2) is 73.5 Å². The highest BCUT2D eigenvalue weighted by molar-refractivity contribution is 5.86. The van der Waals surface area contributed by atoms with Gasteiger partial charge < -0.3 is 19.9 Å². The Labute approximate surface area is 138 Å². The number of rotatable bonds is 9. The molecule has 1 N–H and O–H groups in total. The van der Waals surface area contributed by atoms with Crippen molar-refractivity contribution in [1.29, 1.82) is 0 Å². The van der Waals surface area contributed by atoms with Crippen LogP contribution in [0.15, 0.2) is 0 Å². The maximum Gasteiger partial charge on any atom is 0.241 e. The molecule has 3 amide bonds. The minimum Gasteiger partial charge on any atom is -0.378 e. The number of carbonyl (C=O) groups is 3. The summed E-state index contributed by atoms with van der Waals surface area (Å²) in [6, 6.07) is -0.0864. The quantitative estimate of drug-likeness (QED) is 0.616. The molecule has 1 aliphatic rings. The van der Waals surface area contributed by atoms with Crippen molar-refractivity contribution in [3.8, 4) is 0 Å². The Hall–Kier alpha value is -1.63. The van der Waals surface area contributed by atoms with Crippen LogP contribution in [0.5, 0.6) is 0 Å². The first-order valence-electron chi connectivity index (χ1n) is 8.29. The Morgan fingerprint density at radius 1 is 1.39 bits per heavy atom. The Balaban J connectivity index is 2.60. The largest absolute Gasteiger partial charge is 0.378 e. The third-order valence-corrected chi connectivity index (χ3v) is 4.57. The molecular weight excluding hydrogens is 298 g/mol. The molecule has 7 heteroatoms. The number of hydrogen-bond acceptors (Lipinski definition) is 4. The molecule has 132 valence electrons. The second-order valence-electron chi connectivity index (χ2n) is 5.83. The van der Waals surface area contributed by atoms with E-state index in [1.807, 2.05) is 13.8 Å². The summed E-state index contributed by atoms with van der Waals surface area (Å²) in [5.74, 6) is -0.759. The van der Waals surface area contributed by atoms with Crippen molar-refractivity contribution in [2.24, 2.45) is 5.92 Å². The van der Waals surface area contributed by atoms with Gasteiger partial charge in [-0.15, -0.1) is 0 Å². The van der Waals surface area contributed by atoms with E-state index in [1.165, 1.54) is 0 Å². The Kier molecular flexibility index (Phi) is 8.02. The monoisotopic (exact) mass is 327 g/mol. The Morgan fingerprint density at radius 3 is 2.57 bits per heavy atom. The lowest BCUT2D eigenvalue weighted by molar-refractivity contribution is -0.137. The Bertz CT molecular complexity index is 412. The van der Waals surface area contributed by atoms with E-state index >= 15 is 0 Å². The van der Waals surface area contributed by atoms with Gasteiger partial charge >= 0.3 is 0 Å². The molecule has 3 unspecified atom stereocenters. The molecule has 0 spiro atoms. The Morgan fingerprint density at radius 2 is 2.04 bits per heavy atom. The lowest BCUT2D eigenvalue weighted by Gasteiger charge is -2.31. The van der Waals surface area contributed by atoms with Crippen molar-refractivity contribution in [2.45, 2.75) is 45.8 Å². The van der Waals surface area contributed by atoms with E-state index in [4.69, 9.17) is 4.74 Å². The zero-order chi connectivity index (χ0) is 17.4. The number of nitrogens with one attached hydrogen (secondary N) is 1. The van der Waals surface area contributed by atoms with Crippen LogP contribution in [0.1, 0.15) is 33.6 Å². The number of methoxy groups -OCH3 is 1. The fourth-order valence-electron chi connectivity index (χ4n) is 3.15. The number of nitrogens with zero attached hydrogens (tertiary/aromatic N) is 2. The number of ether oxygens (including phenoxy) is 1. The third kappa shape index (κ3) is 4.92. The summed E-state index contributed by atoms with van der Waals surface area (Å²) < 4.78 is 5.49. The topological polar surface area (TPSA) is 79.0 Å².